The number of aliphatic imine (C=N–C) groups is 1. The minimum atomic E-state index is -0.229. The molecule has 142 valence electrons. The third-order valence-corrected chi connectivity index (χ3v) is 4.63. The number of rotatable bonds is 5. The molecule has 0 saturated heterocycles. The van der Waals surface area contributed by atoms with Crippen LogP contribution in [0.3, 0.4) is 0 Å². The lowest BCUT2D eigenvalue weighted by molar-refractivity contribution is 0.606. The SMILES string of the molecule is Cc1nnc(CNC(=NCc2ccc(F)cc2)NC2CCCC2)n1C.I. The van der Waals surface area contributed by atoms with Gasteiger partial charge in [0.2, 0.25) is 0 Å². The third kappa shape index (κ3) is 5.65. The number of benzene rings is 1. The Kier molecular flexibility index (Phi) is 7.80. The first kappa shape index (κ1) is 20.6. The van der Waals surface area contributed by atoms with Crippen molar-refractivity contribution in [2.45, 2.75) is 51.7 Å². The summed E-state index contributed by atoms with van der Waals surface area (Å²) in [7, 11) is 1.95. The summed E-state index contributed by atoms with van der Waals surface area (Å²) in [4.78, 5) is 4.65. The van der Waals surface area contributed by atoms with E-state index in [-0.39, 0.29) is 29.8 Å². The third-order valence-electron chi connectivity index (χ3n) is 4.63. The van der Waals surface area contributed by atoms with Gasteiger partial charge >= 0.3 is 0 Å². The van der Waals surface area contributed by atoms with Gasteiger partial charge in [0.1, 0.15) is 11.6 Å². The van der Waals surface area contributed by atoms with Gasteiger partial charge in [-0.25, -0.2) is 9.38 Å². The van der Waals surface area contributed by atoms with Crippen molar-refractivity contribution in [2.75, 3.05) is 0 Å². The Hall–Kier alpha value is -1.71. The Morgan fingerprint density at radius 1 is 1.23 bits per heavy atom. The maximum atomic E-state index is 13.0. The van der Waals surface area contributed by atoms with E-state index in [9.17, 15) is 4.39 Å². The van der Waals surface area contributed by atoms with Crippen molar-refractivity contribution in [3.8, 4) is 0 Å². The van der Waals surface area contributed by atoms with E-state index in [1.807, 2.05) is 18.5 Å². The number of hydrogen-bond donors (Lipinski definition) is 2. The number of hydrogen-bond acceptors (Lipinski definition) is 3. The van der Waals surface area contributed by atoms with Crippen LogP contribution in [0, 0.1) is 12.7 Å². The second-order valence-corrected chi connectivity index (χ2v) is 6.49. The number of aromatic nitrogens is 3. The Labute approximate surface area is 170 Å². The first-order valence-electron chi connectivity index (χ1n) is 8.76. The first-order valence-corrected chi connectivity index (χ1v) is 8.76. The fourth-order valence-corrected chi connectivity index (χ4v) is 2.94. The van der Waals surface area contributed by atoms with Crippen LogP contribution in [-0.4, -0.2) is 26.8 Å². The van der Waals surface area contributed by atoms with E-state index in [1.54, 1.807) is 12.1 Å². The van der Waals surface area contributed by atoms with Crippen molar-refractivity contribution in [2.24, 2.45) is 12.0 Å². The maximum Gasteiger partial charge on any atom is 0.192 e. The molecule has 3 rings (SSSR count). The van der Waals surface area contributed by atoms with E-state index in [1.165, 1.54) is 37.8 Å². The van der Waals surface area contributed by atoms with Crippen molar-refractivity contribution in [1.29, 1.82) is 0 Å². The maximum absolute atomic E-state index is 13.0. The van der Waals surface area contributed by atoms with Crippen LogP contribution < -0.4 is 10.6 Å². The van der Waals surface area contributed by atoms with Crippen LogP contribution in [0.4, 0.5) is 4.39 Å². The molecule has 0 aliphatic heterocycles. The molecule has 2 aromatic rings. The van der Waals surface area contributed by atoms with Crippen LogP contribution in [0.2, 0.25) is 0 Å². The predicted octanol–water partition coefficient (Wildman–Crippen LogP) is 3.06. The van der Waals surface area contributed by atoms with Gasteiger partial charge in [-0.1, -0.05) is 25.0 Å². The molecule has 1 aromatic heterocycles. The molecule has 1 heterocycles. The molecular formula is C18H26FIN6. The summed E-state index contributed by atoms with van der Waals surface area (Å²) in [5.41, 5.74) is 0.975. The summed E-state index contributed by atoms with van der Waals surface area (Å²) in [5.74, 6) is 2.27. The van der Waals surface area contributed by atoms with Crippen LogP contribution in [0.5, 0.6) is 0 Å². The number of aryl methyl sites for hydroxylation is 1. The molecule has 0 bridgehead atoms. The van der Waals surface area contributed by atoms with E-state index in [4.69, 9.17) is 0 Å². The van der Waals surface area contributed by atoms with Gasteiger partial charge < -0.3 is 15.2 Å². The minimum absolute atomic E-state index is 0. The Balaban J connectivity index is 0.00000243. The largest absolute Gasteiger partial charge is 0.354 e. The standard InChI is InChI=1S/C18H25FN6.HI/c1-13-23-24-17(25(13)2)12-21-18(22-16-5-3-4-6-16)20-11-14-7-9-15(19)10-8-14;/h7-10,16H,3-6,11-12H2,1-2H3,(H2,20,21,22);1H. The highest BCUT2D eigenvalue weighted by atomic mass is 127. The van der Waals surface area contributed by atoms with Gasteiger partial charge in [-0.2, -0.15) is 0 Å². The van der Waals surface area contributed by atoms with E-state index in [0.29, 0.717) is 19.1 Å². The zero-order chi connectivity index (χ0) is 17.6. The molecule has 26 heavy (non-hydrogen) atoms. The lowest BCUT2D eigenvalue weighted by Crippen LogP contribution is -2.42. The molecule has 2 N–H and O–H groups in total. The van der Waals surface area contributed by atoms with Crippen molar-refractivity contribution in [1.82, 2.24) is 25.4 Å². The molecule has 8 heteroatoms. The lowest BCUT2D eigenvalue weighted by Gasteiger charge is -2.17. The van der Waals surface area contributed by atoms with E-state index < -0.39 is 0 Å². The lowest BCUT2D eigenvalue weighted by atomic mass is 10.2. The van der Waals surface area contributed by atoms with Gasteiger partial charge in [-0.15, -0.1) is 34.2 Å². The van der Waals surface area contributed by atoms with Gasteiger partial charge in [0.25, 0.3) is 0 Å². The highest BCUT2D eigenvalue weighted by Gasteiger charge is 2.16. The van der Waals surface area contributed by atoms with E-state index in [2.05, 4.69) is 25.8 Å². The number of halogens is 2. The molecule has 0 radical (unpaired) electrons. The summed E-state index contributed by atoms with van der Waals surface area (Å²) >= 11 is 0. The molecule has 1 saturated carbocycles. The molecule has 1 aromatic carbocycles. The molecule has 0 spiro atoms. The molecule has 1 aliphatic carbocycles. The second-order valence-electron chi connectivity index (χ2n) is 6.49. The van der Waals surface area contributed by atoms with Gasteiger partial charge in [-0.3, -0.25) is 0 Å². The summed E-state index contributed by atoms with van der Waals surface area (Å²) in [5, 5.41) is 15.1. The highest BCUT2D eigenvalue weighted by Crippen LogP contribution is 2.17. The number of nitrogens with one attached hydrogen (secondary N) is 2. The van der Waals surface area contributed by atoms with Crippen molar-refractivity contribution in [3.05, 3.63) is 47.3 Å². The molecule has 0 unspecified atom stereocenters. The average molecular weight is 472 g/mol. The molecule has 1 aliphatic rings. The van der Waals surface area contributed by atoms with Gasteiger partial charge in [0, 0.05) is 13.1 Å². The van der Waals surface area contributed by atoms with E-state index >= 15 is 0 Å². The summed E-state index contributed by atoms with van der Waals surface area (Å²) < 4.78 is 15.0. The van der Waals surface area contributed by atoms with Gasteiger partial charge in [0.15, 0.2) is 11.8 Å². The first-order chi connectivity index (χ1) is 12.1. The Morgan fingerprint density at radius 3 is 2.54 bits per heavy atom. The topological polar surface area (TPSA) is 67.1 Å². The molecule has 1 fully saturated rings. The minimum Gasteiger partial charge on any atom is -0.354 e. The zero-order valence-electron chi connectivity index (χ0n) is 15.2. The van der Waals surface area contributed by atoms with Crippen molar-refractivity contribution in [3.63, 3.8) is 0 Å². The van der Waals surface area contributed by atoms with E-state index in [0.717, 1.165) is 23.2 Å². The Morgan fingerprint density at radius 2 is 1.92 bits per heavy atom. The number of nitrogens with zero attached hydrogens (tertiary/aromatic N) is 4. The number of guanidine groups is 1. The fourth-order valence-electron chi connectivity index (χ4n) is 2.94. The van der Waals surface area contributed by atoms with Crippen LogP contribution in [-0.2, 0) is 20.1 Å². The summed E-state index contributed by atoms with van der Waals surface area (Å²) in [6.07, 6.45) is 4.84. The summed E-state index contributed by atoms with van der Waals surface area (Å²) in [6, 6.07) is 6.91. The monoisotopic (exact) mass is 472 g/mol. The molecule has 0 atom stereocenters. The Bertz CT molecular complexity index is 722. The smallest absolute Gasteiger partial charge is 0.192 e. The molecular weight excluding hydrogens is 446 g/mol. The van der Waals surface area contributed by atoms with Crippen LogP contribution in [0.25, 0.3) is 0 Å². The van der Waals surface area contributed by atoms with Crippen LogP contribution in [0.15, 0.2) is 29.3 Å². The van der Waals surface area contributed by atoms with Crippen LogP contribution >= 0.6 is 24.0 Å². The average Bonchev–Trinajstić information content (AvgIpc) is 3.23. The zero-order valence-corrected chi connectivity index (χ0v) is 17.5. The second kappa shape index (κ2) is 9.84. The molecule has 6 nitrogen and oxygen atoms in total. The normalized spacial score (nSPS) is 15.0. The van der Waals surface area contributed by atoms with Gasteiger partial charge in [0.05, 0.1) is 13.1 Å². The quantitative estimate of drug-likeness (QED) is 0.399. The fraction of sp³-hybridized carbons (Fsp3) is 0.500. The highest BCUT2D eigenvalue weighted by molar-refractivity contribution is 14.0. The van der Waals surface area contributed by atoms with Crippen molar-refractivity contribution < 1.29 is 4.39 Å². The van der Waals surface area contributed by atoms with Crippen LogP contribution in [0.1, 0.15) is 42.9 Å². The molecule has 0 amide bonds. The summed E-state index contributed by atoms with van der Waals surface area (Å²) in [6.45, 7) is 2.98. The predicted molar refractivity (Wildman–Crippen MR) is 111 cm³/mol. The van der Waals surface area contributed by atoms with Crippen molar-refractivity contribution >= 4 is 29.9 Å². The van der Waals surface area contributed by atoms with Gasteiger partial charge in [-0.05, 0) is 37.5 Å².